The second-order valence-corrected chi connectivity index (χ2v) is 8.94. The van der Waals surface area contributed by atoms with Crippen molar-refractivity contribution in [2.75, 3.05) is 4.90 Å². The first-order valence-corrected chi connectivity index (χ1v) is 11.1. The number of alkyl halides is 6. The molecule has 0 saturated carbocycles. The van der Waals surface area contributed by atoms with E-state index in [4.69, 9.17) is 11.6 Å². The van der Waals surface area contributed by atoms with E-state index in [1.807, 2.05) is 0 Å². The summed E-state index contributed by atoms with van der Waals surface area (Å²) in [5.74, 6) is -1.09. The van der Waals surface area contributed by atoms with Crippen LogP contribution in [0.1, 0.15) is 32.7 Å². The summed E-state index contributed by atoms with van der Waals surface area (Å²) in [5.41, 5.74) is -2.50. The van der Waals surface area contributed by atoms with Crippen LogP contribution in [0.3, 0.4) is 0 Å². The van der Waals surface area contributed by atoms with E-state index in [2.05, 4.69) is 9.97 Å². The quantitative estimate of drug-likeness (QED) is 0.257. The number of aromatic nitrogens is 2. The molecule has 35 heavy (non-hydrogen) atoms. The van der Waals surface area contributed by atoms with Crippen molar-refractivity contribution < 1.29 is 31.1 Å². The highest BCUT2D eigenvalue weighted by atomic mass is 35.5. The number of aryl methyl sites for hydroxylation is 1. The first-order valence-electron chi connectivity index (χ1n) is 9.91. The van der Waals surface area contributed by atoms with Crippen molar-refractivity contribution in [1.29, 1.82) is 0 Å². The SMILES string of the molecule is Cc1c(Cl)ccc2sc(N(Cc3ccccn3)C(=O)c3cc(C(F)(F)F)cc(C(F)(F)F)c3)nc12. The summed E-state index contributed by atoms with van der Waals surface area (Å²) < 4.78 is 80.8. The Morgan fingerprint density at radius 3 is 2.23 bits per heavy atom. The molecule has 0 aliphatic carbocycles. The van der Waals surface area contributed by atoms with Crippen molar-refractivity contribution in [3.8, 4) is 0 Å². The molecule has 0 radical (unpaired) electrons. The van der Waals surface area contributed by atoms with Gasteiger partial charge in [0, 0.05) is 16.8 Å². The number of thiazole rings is 1. The van der Waals surface area contributed by atoms with Crippen molar-refractivity contribution in [2.24, 2.45) is 0 Å². The van der Waals surface area contributed by atoms with E-state index >= 15 is 0 Å². The fourth-order valence-corrected chi connectivity index (χ4v) is 4.49. The molecule has 4 aromatic rings. The van der Waals surface area contributed by atoms with E-state index in [0.717, 1.165) is 16.2 Å². The molecule has 2 aromatic carbocycles. The highest BCUT2D eigenvalue weighted by Crippen LogP contribution is 2.38. The number of pyridine rings is 1. The number of carbonyl (C=O) groups excluding carboxylic acids is 1. The van der Waals surface area contributed by atoms with Crippen LogP contribution in [0.2, 0.25) is 5.02 Å². The third-order valence-corrected chi connectivity index (χ3v) is 6.55. The van der Waals surface area contributed by atoms with Gasteiger partial charge in [-0.25, -0.2) is 4.98 Å². The third kappa shape index (κ3) is 5.25. The van der Waals surface area contributed by atoms with Gasteiger partial charge in [-0.15, -0.1) is 0 Å². The van der Waals surface area contributed by atoms with E-state index in [-0.39, 0.29) is 17.7 Å². The highest BCUT2D eigenvalue weighted by Gasteiger charge is 2.38. The maximum Gasteiger partial charge on any atom is 0.416 e. The summed E-state index contributed by atoms with van der Waals surface area (Å²) in [5, 5.41) is 0.497. The fourth-order valence-electron chi connectivity index (χ4n) is 3.32. The fraction of sp³-hybridized carbons (Fsp3) is 0.174. The molecule has 0 aliphatic heterocycles. The molecule has 2 heterocycles. The zero-order chi connectivity index (χ0) is 25.5. The topological polar surface area (TPSA) is 46.1 Å². The maximum absolute atomic E-state index is 13.4. The van der Waals surface area contributed by atoms with E-state index < -0.39 is 35.0 Å². The first kappa shape index (κ1) is 24.9. The molecule has 0 spiro atoms. The Kier molecular flexibility index (Phi) is 6.50. The third-order valence-electron chi connectivity index (χ3n) is 5.09. The summed E-state index contributed by atoms with van der Waals surface area (Å²) in [6.45, 7) is 1.48. The number of fused-ring (bicyclic) bond motifs is 1. The van der Waals surface area contributed by atoms with Crippen LogP contribution in [0, 0.1) is 6.92 Å². The molecule has 0 atom stereocenters. The lowest BCUT2D eigenvalue weighted by Gasteiger charge is -2.21. The van der Waals surface area contributed by atoms with Crippen molar-refractivity contribution in [3.63, 3.8) is 0 Å². The number of amides is 1. The average Bonchev–Trinajstić information content (AvgIpc) is 3.23. The average molecular weight is 530 g/mol. The van der Waals surface area contributed by atoms with Crippen LogP contribution in [-0.4, -0.2) is 15.9 Å². The Balaban J connectivity index is 1.87. The largest absolute Gasteiger partial charge is 0.416 e. The molecule has 12 heteroatoms. The van der Waals surface area contributed by atoms with Gasteiger partial charge in [0.2, 0.25) is 0 Å². The summed E-state index contributed by atoms with van der Waals surface area (Å²) in [6, 6.07) is 8.92. The van der Waals surface area contributed by atoms with Gasteiger partial charge < -0.3 is 0 Å². The summed E-state index contributed by atoms with van der Waals surface area (Å²) in [6.07, 6.45) is -8.73. The molecule has 0 bridgehead atoms. The van der Waals surface area contributed by atoms with Crippen molar-refractivity contribution in [3.05, 3.63) is 87.7 Å². The lowest BCUT2D eigenvalue weighted by Crippen LogP contribution is -2.31. The molecule has 1 amide bonds. The Morgan fingerprint density at radius 2 is 1.66 bits per heavy atom. The van der Waals surface area contributed by atoms with Crippen LogP contribution < -0.4 is 4.90 Å². The molecule has 0 aliphatic rings. The highest BCUT2D eigenvalue weighted by molar-refractivity contribution is 7.22. The van der Waals surface area contributed by atoms with Gasteiger partial charge in [0.25, 0.3) is 5.91 Å². The van der Waals surface area contributed by atoms with Crippen molar-refractivity contribution in [2.45, 2.75) is 25.8 Å². The number of hydrogen-bond acceptors (Lipinski definition) is 4. The minimum atomic E-state index is -5.09. The molecule has 0 N–H and O–H groups in total. The van der Waals surface area contributed by atoms with E-state index in [0.29, 0.717) is 38.6 Å². The number of halogens is 7. The smallest absolute Gasteiger partial charge is 0.278 e. The minimum absolute atomic E-state index is 0.0249. The summed E-state index contributed by atoms with van der Waals surface area (Å²) >= 11 is 7.20. The standard InChI is InChI=1S/C23H14ClF6N3OS/c1-12-17(24)5-6-18-19(12)32-21(35-18)33(11-16-4-2-3-7-31-16)20(34)13-8-14(22(25,26)27)10-15(9-13)23(28,29)30/h2-10H,11H2,1H3. The molecule has 0 fully saturated rings. The normalized spacial score (nSPS) is 12.2. The van der Waals surface area contributed by atoms with Crippen LogP contribution in [0.4, 0.5) is 31.5 Å². The van der Waals surface area contributed by atoms with Gasteiger partial charge in [0.05, 0.1) is 33.6 Å². The monoisotopic (exact) mass is 529 g/mol. The lowest BCUT2D eigenvalue weighted by molar-refractivity contribution is -0.143. The molecule has 2 aromatic heterocycles. The van der Waals surface area contributed by atoms with E-state index in [9.17, 15) is 31.1 Å². The molecular weight excluding hydrogens is 516 g/mol. The van der Waals surface area contributed by atoms with Gasteiger partial charge in [0.1, 0.15) is 0 Å². The van der Waals surface area contributed by atoms with Crippen LogP contribution in [0.5, 0.6) is 0 Å². The van der Waals surface area contributed by atoms with Crippen LogP contribution in [0.15, 0.2) is 54.7 Å². The van der Waals surface area contributed by atoms with Crippen LogP contribution in [0.25, 0.3) is 10.2 Å². The molecule has 0 unspecified atom stereocenters. The Bertz CT molecular complexity index is 1370. The number of carbonyl (C=O) groups is 1. The number of rotatable bonds is 4. The van der Waals surface area contributed by atoms with Gasteiger partial charge >= 0.3 is 12.4 Å². The number of nitrogens with zero attached hydrogens (tertiary/aromatic N) is 3. The lowest BCUT2D eigenvalue weighted by atomic mass is 10.0. The van der Waals surface area contributed by atoms with Gasteiger partial charge in [0.15, 0.2) is 5.13 Å². The maximum atomic E-state index is 13.4. The Hall–Kier alpha value is -3.18. The summed E-state index contributed by atoms with van der Waals surface area (Å²) in [4.78, 5) is 23.0. The minimum Gasteiger partial charge on any atom is -0.278 e. The molecule has 4 nitrogen and oxygen atoms in total. The number of hydrogen-bond donors (Lipinski definition) is 0. The predicted octanol–water partition coefficient (Wildman–Crippen LogP) is 7.54. The summed E-state index contributed by atoms with van der Waals surface area (Å²) in [7, 11) is 0. The van der Waals surface area contributed by atoms with Gasteiger partial charge in [-0.2, -0.15) is 26.3 Å². The zero-order valence-electron chi connectivity index (χ0n) is 17.7. The van der Waals surface area contributed by atoms with Crippen molar-refractivity contribution >= 4 is 44.2 Å². The van der Waals surface area contributed by atoms with E-state index in [1.165, 1.54) is 6.20 Å². The molecule has 182 valence electrons. The van der Waals surface area contributed by atoms with Crippen LogP contribution >= 0.6 is 22.9 Å². The zero-order valence-corrected chi connectivity index (χ0v) is 19.3. The van der Waals surface area contributed by atoms with E-state index in [1.54, 1.807) is 37.3 Å². The molecular formula is C23H14ClF6N3OS. The van der Waals surface area contributed by atoms with Gasteiger partial charge in [-0.3, -0.25) is 14.7 Å². The number of benzene rings is 2. The predicted molar refractivity (Wildman–Crippen MR) is 121 cm³/mol. The second kappa shape index (κ2) is 9.12. The first-order chi connectivity index (χ1) is 16.3. The Labute approximate surface area is 203 Å². The van der Waals surface area contributed by atoms with Crippen LogP contribution in [-0.2, 0) is 18.9 Å². The Morgan fingerprint density at radius 1 is 1.00 bits per heavy atom. The van der Waals surface area contributed by atoms with Gasteiger partial charge in [-0.1, -0.05) is 29.0 Å². The molecule has 4 rings (SSSR count). The van der Waals surface area contributed by atoms with Crippen molar-refractivity contribution in [1.82, 2.24) is 9.97 Å². The molecule has 0 saturated heterocycles. The van der Waals surface area contributed by atoms with Gasteiger partial charge in [-0.05, 0) is 55.0 Å². The number of anilines is 1. The second-order valence-electron chi connectivity index (χ2n) is 7.52.